The molecule has 0 spiro atoms. The first kappa shape index (κ1) is 16.4. The first-order valence-electron chi connectivity index (χ1n) is 6.97. The van der Waals surface area contributed by atoms with E-state index in [1.54, 1.807) is 25.5 Å². The van der Waals surface area contributed by atoms with Crippen LogP contribution in [-0.2, 0) is 9.53 Å². The van der Waals surface area contributed by atoms with Gasteiger partial charge in [-0.2, -0.15) is 0 Å². The van der Waals surface area contributed by atoms with E-state index in [2.05, 4.69) is 20.6 Å². The number of amides is 1. The van der Waals surface area contributed by atoms with Gasteiger partial charge in [-0.3, -0.25) is 14.8 Å². The molecule has 0 saturated carbocycles. The fourth-order valence-corrected chi connectivity index (χ4v) is 1.77. The minimum Gasteiger partial charge on any atom is -0.381 e. The van der Waals surface area contributed by atoms with E-state index in [4.69, 9.17) is 4.74 Å². The fraction of sp³-hybridized carbons (Fsp3) is 0.643. The van der Waals surface area contributed by atoms with Gasteiger partial charge < -0.3 is 15.4 Å². The van der Waals surface area contributed by atoms with E-state index in [1.807, 2.05) is 6.92 Å². The second-order valence-corrected chi connectivity index (χ2v) is 4.60. The normalized spacial score (nSPS) is 17.8. The van der Waals surface area contributed by atoms with Crippen molar-refractivity contribution in [2.75, 3.05) is 26.4 Å². The summed E-state index contributed by atoms with van der Waals surface area (Å²) >= 11 is 0. The molecule has 2 N–H and O–H groups in total. The number of carbonyl (C=O) groups is 1. The molecule has 1 aliphatic rings. The van der Waals surface area contributed by atoms with Crippen LogP contribution in [0, 0.1) is 5.92 Å². The summed E-state index contributed by atoms with van der Waals surface area (Å²) in [5.74, 6) is 0.400. The zero-order chi connectivity index (χ0) is 14.6. The Kier molecular flexibility index (Phi) is 8.30. The van der Waals surface area contributed by atoms with Crippen LogP contribution >= 0.6 is 0 Å². The zero-order valence-electron chi connectivity index (χ0n) is 12.3. The Hall–Kier alpha value is -1.69. The number of aliphatic imine (C=N–C) groups is 2. The van der Waals surface area contributed by atoms with Crippen molar-refractivity contribution in [2.45, 2.75) is 26.7 Å². The van der Waals surface area contributed by atoms with Gasteiger partial charge in [0, 0.05) is 32.2 Å². The van der Waals surface area contributed by atoms with E-state index >= 15 is 0 Å². The minimum absolute atomic E-state index is 0.118. The van der Waals surface area contributed by atoms with Crippen molar-refractivity contribution in [1.82, 2.24) is 10.6 Å². The Labute approximate surface area is 120 Å². The lowest BCUT2D eigenvalue weighted by atomic mass is 10.0. The van der Waals surface area contributed by atoms with E-state index < -0.39 is 0 Å². The molecule has 20 heavy (non-hydrogen) atoms. The largest absolute Gasteiger partial charge is 0.381 e. The summed E-state index contributed by atoms with van der Waals surface area (Å²) in [4.78, 5) is 19.9. The average Bonchev–Trinajstić information content (AvgIpc) is 2.49. The lowest BCUT2D eigenvalue weighted by Gasteiger charge is -2.22. The van der Waals surface area contributed by atoms with Gasteiger partial charge in [-0.15, -0.1) is 0 Å². The SMILES string of the molecule is C/C=N/CN/C=C/N=C(\C)C(=O)NCC1CCOCC1. The van der Waals surface area contributed by atoms with E-state index in [1.165, 1.54) is 0 Å². The quantitative estimate of drug-likeness (QED) is 0.541. The lowest BCUT2D eigenvalue weighted by Crippen LogP contribution is -2.35. The summed E-state index contributed by atoms with van der Waals surface area (Å²) in [7, 11) is 0. The van der Waals surface area contributed by atoms with Crippen LogP contribution < -0.4 is 10.6 Å². The topological polar surface area (TPSA) is 75.1 Å². The Morgan fingerprint density at radius 3 is 2.85 bits per heavy atom. The molecule has 112 valence electrons. The van der Waals surface area contributed by atoms with Crippen LogP contribution in [0.3, 0.4) is 0 Å². The second-order valence-electron chi connectivity index (χ2n) is 4.60. The molecule has 0 aromatic rings. The minimum atomic E-state index is -0.118. The molecule has 0 bridgehead atoms. The number of ether oxygens (including phenoxy) is 1. The maximum absolute atomic E-state index is 11.8. The van der Waals surface area contributed by atoms with E-state index in [0.29, 0.717) is 24.8 Å². The van der Waals surface area contributed by atoms with Crippen molar-refractivity contribution in [2.24, 2.45) is 15.9 Å². The maximum atomic E-state index is 11.8. The predicted octanol–water partition coefficient (Wildman–Crippen LogP) is 1.10. The summed E-state index contributed by atoms with van der Waals surface area (Å²) in [5.41, 5.74) is 0.453. The van der Waals surface area contributed by atoms with Crippen LogP contribution in [0.5, 0.6) is 0 Å². The molecule has 0 aliphatic carbocycles. The standard InChI is InChI=1S/C14H24N4O2/c1-3-15-11-16-6-7-17-12(2)14(19)18-10-13-4-8-20-9-5-13/h3,6-7,13,16H,4-5,8-11H2,1-2H3,(H,18,19)/b7-6+,15-3+,17-12+. The van der Waals surface area contributed by atoms with Crippen LogP contribution in [0.15, 0.2) is 22.4 Å². The summed E-state index contributed by atoms with van der Waals surface area (Å²) in [6.07, 6.45) is 6.98. The molecule has 0 atom stereocenters. The highest BCUT2D eigenvalue weighted by Crippen LogP contribution is 2.12. The molecule has 1 saturated heterocycles. The molecule has 0 aromatic heterocycles. The van der Waals surface area contributed by atoms with Crippen molar-refractivity contribution in [3.8, 4) is 0 Å². The van der Waals surface area contributed by atoms with Crippen LogP contribution in [0.4, 0.5) is 0 Å². The first-order chi connectivity index (χ1) is 9.74. The average molecular weight is 280 g/mol. The van der Waals surface area contributed by atoms with Gasteiger partial charge in [-0.1, -0.05) is 0 Å². The Morgan fingerprint density at radius 1 is 1.40 bits per heavy atom. The van der Waals surface area contributed by atoms with Crippen LogP contribution in [0.25, 0.3) is 0 Å². The molecule has 1 heterocycles. The van der Waals surface area contributed by atoms with Crippen LogP contribution in [0.1, 0.15) is 26.7 Å². The fourth-order valence-electron chi connectivity index (χ4n) is 1.77. The predicted molar refractivity (Wildman–Crippen MR) is 81.0 cm³/mol. The Morgan fingerprint density at radius 2 is 2.15 bits per heavy atom. The lowest BCUT2D eigenvalue weighted by molar-refractivity contribution is -0.115. The number of hydrogen-bond donors (Lipinski definition) is 2. The monoisotopic (exact) mass is 280 g/mol. The first-order valence-corrected chi connectivity index (χ1v) is 6.97. The molecular weight excluding hydrogens is 256 g/mol. The van der Waals surface area contributed by atoms with E-state index in [0.717, 1.165) is 26.1 Å². The van der Waals surface area contributed by atoms with Crippen LogP contribution in [-0.4, -0.2) is 44.3 Å². The molecule has 0 unspecified atom stereocenters. The molecule has 1 rings (SSSR count). The van der Waals surface area contributed by atoms with Gasteiger partial charge in [-0.05, 0) is 38.8 Å². The maximum Gasteiger partial charge on any atom is 0.265 e. The highest BCUT2D eigenvalue weighted by Gasteiger charge is 2.15. The highest BCUT2D eigenvalue weighted by molar-refractivity contribution is 6.38. The number of carbonyl (C=O) groups excluding carboxylic acids is 1. The van der Waals surface area contributed by atoms with E-state index in [9.17, 15) is 4.79 Å². The molecule has 6 heteroatoms. The Balaban J connectivity index is 2.23. The number of hydrogen-bond acceptors (Lipinski definition) is 5. The van der Waals surface area contributed by atoms with Crippen molar-refractivity contribution < 1.29 is 9.53 Å². The number of nitrogens with zero attached hydrogens (tertiary/aromatic N) is 2. The summed E-state index contributed by atoms with van der Waals surface area (Å²) in [6.45, 7) is 6.36. The number of nitrogens with one attached hydrogen (secondary N) is 2. The molecular formula is C14H24N4O2. The molecule has 1 amide bonds. The third-order valence-corrected chi connectivity index (χ3v) is 3.05. The molecule has 0 aromatic carbocycles. The molecule has 1 aliphatic heterocycles. The second kappa shape index (κ2) is 10.1. The summed E-state index contributed by atoms with van der Waals surface area (Å²) in [5, 5.41) is 5.84. The van der Waals surface area contributed by atoms with Gasteiger partial charge in [0.15, 0.2) is 0 Å². The van der Waals surface area contributed by atoms with Gasteiger partial charge in [-0.25, -0.2) is 0 Å². The van der Waals surface area contributed by atoms with Crippen LogP contribution in [0.2, 0.25) is 0 Å². The van der Waals surface area contributed by atoms with Gasteiger partial charge in [0.05, 0.1) is 0 Å². The summed E-state index contributed by atoms with van der Waals surface area (Å²) < 4.78 is 5.28. The third-order valence-electron chi connectivity index (χ3n) is 3.05. The van der Waals surface area contributed by atoms with Gasteiger partial charge in [0.25, 0.3) is 5.91 Å². The van der Waals surface area contributed by atoms with Gasteiger partial charge in [0.1, 0.15) is 12.4 Å². The number of rotatable bonds is 7. The van der Waals surface area contributed by atoms with Gasteiger partial charge in [0.2, 0.25) is 0 Å². The molecule has 0 radical (unpaired) electrons. The smallest absolute Gasteiger partial charge is 0.265 e. The van der Waals surface area contributed by atoms with Crippen molar-refractivity contribution in [1.29, 1.82) is 0 Å². The zero-order valence-corrected chi connectivity index (χ0v) is 12.3. The van der Waals surface area contributed by atoms with Crippen molar-refractivity contribution >= 4 is 17.8 Å². The molecule has 6 nitrogen and oxygen atoms in total. The van der Waals surface area contributed by atoms with Crippen molar-refractivity contribution in [3.05, 3.63) is 12.4 Å². The van der Waals surface area contributed by atoms with Gasteiger partial charge >= 0.3 is 0 Å². The van der Waals surface area contributed by atoms with Crippen molar-refractivity contribution in [3.63, 3.8) is 0 Å². The Bertz CT molecular complexity index is 371. The highest BCUT2D eigenvalue weighted by atomic mass is 16.5. The van der Waals surface area contributed by atoms with E-state index in [-0.39, 0.29) is 5.91 Å². The third kappa shape index (κ3) is 7.04. The molecule has 1 fully saturated rings. The summed E-state index contributed by atoms with van der Waals surface area (Å²) in [6, 6.07) is 0.